The van der Waals surface area contributed by atoms with E-state index in [1.54, 1.807) is 0 Å². The molecule has 0 aliphatic carbocycles. The highest BCUT2D eigenvalue weighted by Crippen LogP contribution is 2.30. The molecule has 2 unspecified atom stereocenters. The fourth-order valence-electron chi connectivity index (χ4n) is 2.69. The summed E-state index contributed by atoms with van der Waals surface area (Å²) in [6.07, 6.45) is 0.803. The molecule has 1 fully saturated rings. The summed E-state index contributed by atoms with van der Waals surface area (Å²) in [7, 11) is 0. The molecule has 2 atom stereocenters. The Labute approximate surface area is 126 Å². The zero-order valence-corrected chi connectivity index (χ0v) is 13.3. The maximum Gasteiger partial charge on any atom is 0.0557 e. The summed E-state index contributed by atoms with van der Waals surface area (Å²) >= 11 is 6.16. The summed E-state index contributed by atoms with van der Waals surface area (Å²) in [5, 5.41) is 14.0. The second-order valence-corrected chi connectivity index (χ2v) is 6.48. The molecule has 2 rings (SSSR count). The molecule has 1 saturated heterocycles. The van der Waals surface area contributed by atoms with Crippen LogP contribution in [-0.2, 0) is 6.54 Å². The molecule has 1 aromatic rings. The van der Waals surface area contributed by atoms with Gasteiger partial charge in [0.25, 0.3) is 0 Å². The van der Waals surface area contributed by atoms with Gasteiger partial charge in [0, 0.05) is 42.3 Å². The van der Waals surface area contributed by atoms with E-state index in [4.69, 9.17) is 11.6 Å². The SMILES string of the molecule is CC(C)NCc1ccc(Cl)cc1N1CCC(C(C)O)C1. The Hall–Kier alpha value is -0.770. The number of nitrogens with one attached hydrogen (secondary N) is 1. The van der Waals surface area contributed by atoms with Gasteiger partial charge in [-0.1, -0.05) is 31.5 Å². The zero-order chi connectivity index (χ0) is 14.7. The van der Waals surface area contributed by atoms with E-state index in [0.717, 1.165) is 31.1 Å². The molecule has 20 heavy (non-hydrogen) atoms. The van der Waals surface area contributed by atoms with Crippen LogP contribution in [0.1, 0.15) is 32.8 Å². The van der Waals surface area contributed by atoms with Crippen LogP contribution in [0.15, 0.2) is 18.2 Å². The molecule has 2 N–H and O–H groups in total. The Bertz CT molecular complexity index is 448. The molecule has 0 aromatic heterocycles. The van der Waals surface area contributed by atoms with E-state index in [1.165, 1.54) is 11.3 Å². The van der Waals surface area contributed by atoms with Crippen LogP contribution in [0.25, 0.3) is 0 Å². The van der Waals surface area contributed by atoms with Gasteiger partial charge < -0.3 is 15.3 Å². The third-order valence-electron chi connectivity index (χ3n) is 4.00. The Morgan fingerprint density at radius 3 is 2.75 bits per heavy atom. The van der Waals surface area contributed by atoms with Gasteiger partial charge >= 0.3 is 0 Å². The minimum atomic E-state index is -0.239. The first kappa shape index (κ1) is 15.6. The van der Waals surface area contributed by atoms with Crippen LogP contribution in [0.4, 0.5) is 5.69 Å². The molecule has 0 amide bonds. The highest BCUT2D eigenvalue weighted by Gasteiger charge is 2.27. The first-order valence-corrected chi connectivity index (χ1v) is 7.80. The molecule has 0 radical (unpaired) electrons. The molecular formula is C16H25ClN2O. The van der Waals surface area contributed by atoms with Gasteiger partial charge in [-0.3, -0.25) is 0 Å². The van der Waals surface area contributed by atoms with Gasteiger partial charge in [0.2, 0.25) is 0 Å². The quantitative estimate of drug-likeness (QED) is 0.877. The van der Waals surface area contributed by atoms with Crippen molar-refractivity contribution in [3.05, 3.63) is 28.8 Å². The van der Waals surface area contributed by atoms with Gasteiger partial charge in [-0.25, -0.2) is 0 Å². The number of nitrogens with zero attached hydrogens (tertiary/aromatic N) is 1. The Morgan fingerprint density at radius 1 is 1.40 bits per heavy atom. The van der Waals surface area contributed by atoms with E-state index >= 15 is 0 Å². The van der Waals surface area contributed by atoms with Crippen molar-refractivity contribution in [2.45, 2.75) is 45.9 Å². The summed E-state index contributed by atoms with van der Waals surface area (Å²) in [5.41, 5.74) is 2.48. The predicted octanol–water partition coefficient (Wildman–Crippen LogP) is 3.05. The third kappa shape index (κ3) is 3.87. The van der Waals surface area contributed by atoms with E-state index in [1.807, 2.05) is 19.1 Å². The van der Waals surface area contributed by atoms with Gasteiger partial charge in [-0.05, 0) is 31.0 Å². The molecule has 0 spiro atoms. The van der Waals surface area contributed by atoms with E-state index in [9.17, 15) is 5.11 Å². The summed E-state index contributed by atoms with van der Waals surface area (Å²) < 4.78 is 0. The van der Waals surface area contributed by atoms with Gasteiger partial charge in [0.15, 0.2) is 0 Å². The van der Waals surface area contributed by atoms with E-state index in [-0.39, 0.29) is 6.10 Å². The summed E-state index contributed by atoms with van der Waals surface area (Å²) in [6, 6.07) is 6.55. The second-order valence-electron chi connectivity index (χ2n) is 6.04. The third-order valence-corrected chi connectivity index (χ3v) is 4.23. The monoisotopic (exact) mass is 296 g/mol. The van der Waals surface area contributed by atoms with Crippen LogP contribution in [0.5, 0.6) is 0 Å². The Morgan fingerprint density at radius 2 is 2.15 bits per heavy atom. The fourth-order valence-corrected chi connectivity index (χ4v) is 2.86. The van der Waals surface area contributed by atoms with Crippen LogP contribution in [0.2, 0.25) is 5.02 Å². The number of anilines is 1. The maximum atomic E-state index is 9.75. The number of aliphatic hydroxyl groups is 1. The van der Waals surface area contributed by atoms with E-state index < -0.39 is 0 Å². The first-order valence-electron chi connectivity index (χ1n) is 7.42. The lowest BCUT2D eigenvalue weighted by atomic mass is 10.0. The molecule has 0 saturated carbocycles. The second kappa shape index (κ2) is 6.79. The van der Waals surface area contributed by atoms with E-state index in [2.05, 4.69) is 30.1 Å². The average molecular weight is 297 g/mol. The number of benzene rings is 1. The van der Waals surface area contributed by atoms with Crippen molar-refractivity contribution >= 4 is 17.3 Å². The normalized spacial score (nSPS) is 20.7. The van der Waals surface area contributed by atoms with Gasteiger partial charge in [0.1, 0.15) is 0 Å². The fraction of sp³-hybridized carbons (Fsp3) is 0.625. The van der Waals surface area contributed by atoms with Crippen molar-refractivity contribution in [1.29, 1.82) is 0 Å². The number of aliphatic hydroxyl groups excluding tert-OH is 1. The molecule has 1 aromatic carbocycles. The number of hydrogen-bond acceptors (Lipinski definition) is 3. The Balaban J connectivity index is 2.15. The van der Waals surface area contributed by atoms with Crippen molar-refractivity contribution in [2.75, 3.05) is 18.0 Å². The van der Waals surface area contributed by atoms with Crippen LogP contribution in [-0.4, -0.2) is 30.3 Å². The van der Waals surface area contributed by atoms with Crippen LogP contribution < -0.4 is 10.2 Å². The van der Waals surface area contributed by atoms with Crippen LogP contribution >= 0.6 is 11.6 Å². The average Bonchev–Trinajstić information content (AvgIpc) is 2.86. The number of rotatable bonds is 5. The zero-order valence-electron chi connectivity index (χ0n) is 12.6. The van der Waals surface area contributed by atoms with Gasteiger partial charge in [0.05, 0.1) is 6.10 Å². The topological polar surface area (TPSA) is 35.5 Å². The molecule has 4 heteroatoms. The molecule has 0 bridgehead atoms. The summed E-state index contributed by atoms with van der Waals surface area (Å²) in [6.45, 7) is 8.93. The standard InChI is InChI=1S/C16H25ClN2O/c1-11(2)18-9-13-4-5-15(17)8-16(13)19-7-6-14(10-19)12(3)20/h4-5,8,11-12,14,18,20H,6-7,9-10H2,1-3H3. The molecule has 1 aliphatic rings. The highest BCUT2D eigenvalue weighted by molar-refractivity contribution is 6.30. The molecule has 1 aliphatic heterocycles. The van der Waals surface area contributed by atoms with E-state index in [0.29, 0.717) is 12.0 Å². The number of halogens is 1. The van der Waals surface area contributed by atoms with Gasteiger partial charge in [-0.2, -0.15) is 0 Å². The molecule has 3 nitrogen and oxygen atoms in total. The van der Waals surface area contributed by atoms with Crippen molar-refractivity contribution in [1.82, 2.24) is 5.32 Å². The largest absolute Gasteiger partial charge is 0.393 e. The Kier molecular flexibility index (Phi) is 5.30. The minimum absolute atomic E-state index is 0.239. The summed E-state index contributed by atoms with van der Waals surface area (Å²) in [5.74, 6) is 0.361. The molecule has 1 heterocycles. The maximum absolute atomic E-state index is 9.75. The lowest BCUT2D eigenvalue weighted by Crippen LogP contribution is -2.27. The van der Waals surface area contributed by atoms with Crippen LogP contribution in [0.3, 0.4) is 0 Å². The van der Waals surface area contributed by atoms with Gasteiger partial charge in [-0.15, -0.1) is 0 Å². The van der Waals surface area contributed by atoms with Crippen molar-refractivity contribution in [3.8, 4) is 0 Å². The van der Waals surface area contributed by atoms with Crippen molar-refractivity contribution < 1.29 is 5.11 Å². The lowest BCUT2D eigenvalue weighted by molar-refractivity contribution is 0.136. The highest BCUT2D eigenvalue weighted by atomic mass is 35.5. The smallest absolute Gasteiger partial charge is 0.0557 e. The lowest BCUT2D eigenvalue weighted by Gasteiger charge is -2.24. The van der Waals surface area contributed by atoms with Crippen molar-refractivity contribution in [3.63, 3.8) is 0 Å². The number of hydrogen-bond donors (Lipinski definition) is 2. The van der Waals surface area contributed by atoms with Crippen LogP contribution in [0, 0.1) is 5.92 Å². The molecule has 112 valence electrons. The predicted molar refractivity (Wildman–Crippen MR) is 85.4 cm³/mol. The minimum Gasteiger partial charge on any atom is -0.393 e. The summed E-state index contributed by atoms with van der Waals surface area (Å²) in [4.78, 5) is 2.35. The van der Waals surface area contributed by atoms with Crippen molar-refractivity contribution in [2.24, 2.45) is 5.92 Å². The first-order chi connectivity index (χ1) is 9.47. The molecular weight excluding hydrogens is 272 g/mol.